The molecule has 0 radical (unpaired) electrons. The Labute approximate surface area is 88.6 Å². The number of hydrogen-bond donors (Lipinski definition) is 1. The van der Waals surface area contributed by atoms with Crippen LogP contribution < -0.4 is 0 Å². The molecule has 0 saturated carbocycles. The van der Waals surface area contributed by atoms with Crippen molar-refractivity contribution in [3.63, 3.8) is 0 Å². The molecule has 0 bridgehead atoms. The molecule has 0 aliphatic carbocycles. The van der Waals surface area contributed by atoms with Gasteiger partial charge in [-0.1, -0.05) is 19.3 Å². The molecule has 3 heteroatoms. The van der Waals surface area contributed by atoms with Crippen LogP contribution in [0.5, 0.6) is 0 Å². The minimum Gasteiger partial charge on any atom is -0.870 e. The number of rotatable bonds is 8. The van der Waals surface area contributed by atoms with Gasteiger partial charge in [0.15, 0.2) is 0 Å². The summed E-state index contributed by atoms with van der Waals surface area (Å²) in [7, 11) is 6.73. The van der Waals surface area contributed by atoms with Crippen molar-refractivity contribution < 1.29 is 15.1 Å². The highest BCUT2D eigenvalue weighted by molar-refractivity contribution is 4.44. The van der Waals surface area contributed by atoms with E-state index < -0.39 is 0 Å². The molecule has 0 rings (SSSR count). The van der Waals surface area contributed by atoms with Crippen LogP contribution in [0.4, 0.5) is 0 Å². The molecule has 0 unspecified atom stereocenters. The van der Waals surface area contributed by atoms with E-state index in [1.54, 1.807) is 0 Å². The fourth-order valence-electron chi connectivity index (χ4n) is 1.41. The molecule has 0 aliphatic heterocycles. The zero-order valence-corrected chi connectivity index (χ0v) is 10.00. The van der Waals surface area contributed by atoms with Gasteiger partial charge in [0, 0.05) is 6.61 Å². The lowest BCUT2D eigenvalue weighted by Crippen LogP contribution is -2.35. The molecule has 0 aromatic rings. The third kappa shape index (κ3) is 14.4. The Morgan fingerprint density at radius 2 is 1.21 bits per heavy atom. The van der Waals surface area contributed by atoms with E-state index in [9.17, 15) is 0 Å². The second-order valence-corrected chi connectivity index (χ2v) is 4.86. The van der Waals surface area contributed by atoms with E-state index in [1.807, 2.05) is 0 Å². The molecule has 0 amide bonds. The lowest BCUT2D eigenvalue weighted by atomic mass is 10.1. The topological polar surface area (TPSA) is 50.2 Å². The number of quaternary nitrogens is 1. The Bertz CT molecular complexity index is 110. The van der Waals surface area contributed by atoms with Gasteiger partial charge in [-0.2, -0.15) is 0 Å². The summed E-state index contributed by atoms with van der Waals surface area (Å²) in [6.07, 6.45) is 7.48. The van der Waals surface area contributed by atoms with E-state index in [2.05, 4.69) is 21.1 Å². The summed E-state index contributed by atoms with van der Waals surface area (Å²) in [4.78, 5) is 0. The standard InChI is InChI=1S/C11H26NO.H2O/c1-12(2,3)10-8-6-4-5-7-9-11-13;/h13H,4-11H2,1-3H3;1H2/q+1;/p-1. The largest absolute Gasteiger partial charge is 0.870 e. The quantitative estimate of drug-likeness (QED) is 0.485. The molecule has 2 N–H and O–H groups in total. The highest BCUT2D eigenvalue weighted by Gasteiger charge is 2.04. The van der Waals surface area contributed by atoms with Gasteiger partial charge >= 0.3 is 0 Å². The number of nitrogens with zero attached hydrogens (tertiary/aromatic N) is 1. The van der Waals surface area contributed by atoms with Crippen molar-refractivity contribution in [1.29, 1.82) is 0 Å². The summed E-state index contributed by atoms with van der Waals surface area (Å²) in [5.74, 6) is 0. The molecule has 0 heterocycles. The number of unbranched alkanes of at least 4 members (excludes halogenated alkanes) is 5. The van der Waals surface area contributed by atoms with Gasteiger partial charge in [-0.3, -0.25) is 0 Å². The van der Waals surface area contributed by atoms with E-state index in [1.165, 1.54) is 38.6 Å². The maximum atomic E-state index is 8.57. The first kappa shape index (κ1) is 16.3. The summed E-state index contributed by atoms with van der Waals surface area (Å²) in [5, 5.41) is 8.57. The van der Waals surface area contributed by atoms with Crippen LogP contribution in [0.15, 0.2) is 0 Å². The Balaban J connectivity index is 0. The second-order valence-electron chi connectivity index (χ2n) is 4.86. The molecule has 88 valence electrons. The maximum Gasteiger partial charge on any atom is 0.0780 e. The number of aliphatic hydroxyl groups is 1. The first-order valence-electron chi connectivity index (χ1n) is 5.47. The Hall–Kier alpha value is -0.120. The molecule has 3 nitrogen and oxygen atoms in total. The van der Waals surface area contributed by atoms with E-state index >= 15 is 0 Å². The van der Waals surface area contributed by atoms with Crippen molar-refractivity contribution >= 4 is 0 Å². The van der Waals surface area contributed by atoms with Gasteiger partial charge in [-0.25, -0.2) is 0 Å². The van der Waals surface area contributed by atoms with Gasteiger partial charge in [-0.05, 0) is 19.3 Å². The fraction of sp³-hybridized carbons (Fsp3) is 1.00. The number of hydrogen-bond acceptors (Lipinski definition) is 2. The summed E-state index contributed by atoms with van der Waals surface area (Å²) < 4.78 is 1.08. The maximum absolute atomic E-state index is 8.57. The second kappa shape index (κ2) is 9.44. The molecule has 0 aliphatic rings. The zero-order chi connectivity index (χ0) is 10.2. The Kier molecular flexibility index (Phi) is 11.0. The van der Waals surface area contributed by atoms with Gasteiger partial charge in [-0.15, -0.1) is 0 Å². The first-order chi connectivity index (χ1) is 6.06. The summed E-state index contributed by atoms with van der Waals surface area (Å²) in [6, 6.07) is 0. The van der Waals surface area contributed by atoms with Crippen LogP contribution in [-0.2, 0) is 0 Å². The average molecular weight is 205 g/mol. The van der Waals surface area contributed by atoms with E-state index in [0.717, 1.165) is 10.9 Å². The summed E-state index contributed by atoms with van der Waals surface area (Å²) in [6.45, 7) is 1.64. The predicted molar refractivity (Wildman–Crippen MR) is 59.6 cm³/mol. The van der Waals surface area contributed by atoms with Gasteiger partial charge in [0.05, 0.1) is 27.7 Å². The van der Waals surface area contributed by atoms with Crippen LogP contribution >= 0.6 is 0 Å². The number of aliphatic hydroxyl groups excluding tert-OH is 1. The molecule has 0 saturated heterocycles. The van der Waals surface area contributed by atoms with Gasteiger partial charge in [0.25, 0.3) is 0 Å². The van der Waals surface area contributed by atoms with E-state index in [0.29, 0.717) is 6.61 Å². The molecular formula is C11H27NO2. The van der Waals surface area contributed by atoms with Gasteiger partial charge in [0.1, 0.15) is 0 Å². The van der Waals surface area contributed by atoms with Crippen LogP contribution in [-0.4, -0.2) is 49.4 Å². The van der Waals surface area contributed by atoms with Crippen LogP contribution in [0.2, 0.25) is 0 Å². The normalized spacial score (nSPS) is 11.1. The third-order valence-electron chi connectivity index (χ3n) is 2.24. The molecule has 0 fully saturated rings. The average Bonchev–Trinajstić information content (AvgIpc) is 2.01. The van der Waals surface area contributed by atoms with Crippen LogP contribution in [0.1, 0.15) is 38.5 Å². The van der Waals surface area contributed by atoms with Crippen molar-refractivity contribution in [2.24, 2.45) is 0 Å². The predicted octanol–water partition coefficient (Wildman–Crippen LogP) is 1.85. The Morgan fingerprint density at radius 3 is 1.64 bits per heavy atom. The fourth-order valence-corrected chi connectivity index (χ4v) is 1.41. The highest BCUT2D eigenvalue weighted by atomic mass is 16.2. The van der Waals surface area contributed by atoms with E-state index in [4.69, 9.17) is 5.11 Å². The van der Waals surface area contributed by atoms with Crippen LogP contribution in [0, 0.1) is 0 Å². The van der Waals surface area contributed by atoms with E-state index in [-0.39, 0.29) is 5.48 Å². The van der Waals surface area contributed by atoms with Crippen LogP contribution in [0.3, 0.4) is 0 Å². The molecule has 0 aromatic carbocycles. The molecule has 0 atom stereocenters. The van der Waals surface area contributed by atoms with Crippen molar-refractivity contribution in [3.05, 3.63) is 0 Å². The zero-order valence-electron chi connectivity index (χ0n) is 10.00. The SMILES string of the molecule is C[N+](C)(C)CCCCCCCCO.[OH-]. The summed E-state index contributed by atoms with van der Waals surface area (Å²) in [5.41, 5.74) is 0. The van der Waals surface area contributed by atoms with Crippen molar-refractivity contribution in [1.82, 2.24) is 0 Å². The summed E-state index contributed by atoms with van der Waals surface area (Å²) >= 11 is 0. The first-order valence-corrected chi connectivity index (χ1v) is 5.47. The van der Waals surface area contributed by atoms with Gasteiger partial charge < -0.3 is 15.1 Å². The van der Waals surface area contributed by atoms with Crippen molar-refractivity contribution in [3.8, 4) is 0 Å². The lowest BCUT2D eigenvalue weighted by Gasteiger charge is -2.23. The smallest absolute Gasteiger partial charge is 0.0780 e. The molecule has 14 heavy (non-hydrogen) atoms. The Morgan fingerprint density at radius 1 is 0.786 bits per heavy atom. The molecule has 0 aromatic heterocycles. The highest BCUT2D eigenvalue weighted by Crippen LogP contribution is 2.06. The lowest BCUT2D eigenvalue weighted by molar-refractivity contribution is -0.870. The van der Waals surface area contributed by atoms with Gasteiger partial charge in [0.2, 0.25) is 0 Å². The third-order valence-corrected chi connectivity index (χ3v) is 2.24. The van der Waals surface area contributed by atoms with Crippen molar-refractivity contribution in [2.75, 3.05) is 34.3 Å². The monoisotopic (exact) mass is 205 g/mol. The van der Waals surface area contributed by atoms with Crippen molar-refractivity contribution in [2.45, 2.75) is 38.5 Å². The molecule has 0 spiro atoms. The minimum absolute atomic E-state index is 0. The minimum atomic E-state index is 0. The molecular weight excluding hydrogens is 178 g/mol. The van der Waals surface area contributed by atoms with Crippen LogP contribution in [0.25, 0.3) is 0 Å².